The van der Waals surface area contributed by atoms with Gasteiger partial charge in [0.05, 0.1) is 6.61 Å². The minimum absolute atomic E-state index is 0.661. The molecule has 0 radical (unpaired) electrons. The first-order valence-corrected chi connectivity index (χ1v) is 11.5. The number of rotatable bonds is 10. The molecule has 5 nitrogen and oxygen atoms in total. The van der Waals surface area contributed by atoms with Crippen molar-refractivity contribution in [3.63, 3.8) is 0 Å². The minimum atomic E-state index is -0.661. The Bertz CT molecular complexity index is 777. The van der Waals surface area contributed by atoms with Gasteiger partial charge in [-0.05, 0) is 74.5 Å². The van der Waals surface area contributed by atoms with Crippen LogP contribution in [-0.2, 0) is 12.8 Å². The maximum atomic E-state index is 10.6. The first kappa shape index (κ1) is 21.2. The molecule has 0 aliphatic carbocycles. The molecule has 30 heavy (non-hydrogen) atoms. The van der Waals surface area contributed by atoms with Gasteiger partial charge >= 0.3 is 0 Å². The van der Waals surface area contributed by atoms with Crippen molar-refractivity contribution < 1.29 is 9.84 Å². The zero-order valence-corrected chi connectivity index (χ0v) is 17.9. The van der Waals surface area contributed by atoms with Crippen LogP contribution in [0.4, 0.5) is 5.69 Å². The second-order valence-corrected chi connectivity index (χ2v) is 8.40. The lowest BCUT2D eigenvalue weighted by Gasteiger charge is -2.27. The van der Waals surface area contributed by atoms with Crippen molar-refractivity contribution in [1.82, 2.24) is 10.2 Å². The van der Waals surface area contributed by atoms with E-state index >= 15 is 0 Å². The molecule has 2 aromatic rings. The van der Waals surface area contributed by atoms with E-state index in [4.69, 9.17) is 4.74 Å². The second-order valence-electron chi connectivity index (χ2n) is 8.40. The molecule has 1 unspecified atom stereocenters. The summed E-state index contributed by atoms with van der Waals surface area (Å²) in [6.07, 6.45) is 6.33. The maximum Gasteiger partial charge on any atom is 0.184 e. The van der Waals surface area contributed by atoms with Gasteiger partial charge in [-0.2, -0.15) is 0 Å². The molecular weight excluding hydrogens is 374 g/mol. The van der Waals surface area contributed by atoms with Crippen molar-refractivity contribution in [3.05, 3.63) is 59.7 Å². The zero-order valence-electron chi connectivity index (χ0n) is 17.9. The van der Waals surface area contributed by atoms with Gasteiger partial charge in [-0.15, -0.1) is 0 Å². The van der Waals surface area contributed by atoms with Crippen LogP contribution >= 0.6 is 0 Å². The lowest BCUT2D eigenvalue weighted by atomic mass is 10.1. The van der Waals surface area contributed by atoms with Crippen LogP contribution in [0.2, 0.25) is 0 Å². The SMILES string of the molecule is OC(NCCc1ccccc1)N1CCc2cc(OCCCN3CCCCC3)ccc21. The van der Waals surface area contributed by atoms with Crippen LogP contribution in [0.5, 0.6) is 5.75 Å². The van der Waals surface area contributed by atoms with Gasteiger partial charge in [0.15, 0.2) is 6.35 Å². The Morgan fingerprint density at radius 2 is 1.83 bits per heavy atom. The van der Waals surface area contributed by atoms with Crippen molar-refractivity contribution in [2.45, 2.75) is 44.9 Å². The number of nitrogens with zero attached hydrogens (tertiary/aromatic N) is 2. The van der Waals surface area contributed by atoms with Gasteiger partial charge in [-0.3, -0.25) is 5.32 Å². The third-order valence-corrected chi connectivity index (χ3v) is 6.20. The Kier molecular flexibility index (Phi) is 7.62. The molecule has 1 saturated heterocycles. The Balaban J connectivity index is 1.21. The molecule has 0 amide bonds. The molecule has 2 heterocycles. The average Bonchev–Trinajstić information content (AvgIpc) is 3.21. The molecule has 1 atom stereocenters. The fraction of sp³-hybridized carbons (Fsp3) is 0.520. The van der Waals surface area contributed by atoms with Gasteiger partial charge in [-0.25, -0.2) is 0 Å². The molecule has 162 valence electrons. The lowest BCUT2D eigenvalue weighted by molar-refractivity contribution is 0.135. The monoisotopic (exact) mass is 409 g/mol. The summed E-state index contributed by atoms with van der Waals surface area (Å²) in [7, 11) is 0. The molecule has 2 aromatic carbocycles. The van der Waals surface area contributed by atoms with Crippen molar-refractivity contribution in [1.29, 1.82) is 0 Å². The number of ether oxygens (including phenoxy) is 1. The van der Waals surface area contributed by atoms with Gasteiger partial charge < -0.3 is 19.6 Å². The van der Waals surface area contributed by atoms with Crippen LogP contribution in [0.25, 0.3) is 0 Å². The predicted molar refractivity (Wildman–Crippen MR) is 122 cm³/mol. The van der Waals surface area contributed by atoms with Gasteiger partial charge in [0.1, 0.15) is 5.75 Å². The summed E-state index contributed by atoms with van der Waals surface area (Å²) in [4.78, 5) is 4.60. The third kappa shape index (κ3) is 5.75. The smallest absolute Gasteiger partial charge is 0.184 e. The molecule has 0 aromatic heterocycles. The topological polar surface area (TPSA) is 48.0 Å². The van der Waals surface area contributed by atoms with E-state index in [1.807, 2.05) is 17.0 Å². The van der Waals surface area contributed by atoms with E-state index in [0.717, 1.165) is 56.9 Å². The standard InChI is InChI=1S/C25H35N3O2/c29-25(26-14-12-21-8-3-1-4-9-21)28-18-13-22-20-23(10-11-24(22)28)30-19-7-17-27-15-5-2-6-16-27/h1,3-4,8-11,20,25-26,29H,2,5-7,12-19H2. The number of aliphatic hydroxyl groups excluding tert-OH is 1. The number of likely N-dealkylation sites (tertiary alicyclic amines) is 1. The predicted octanol–water partition coefficient (Wildman–Crippen LogP) is 3.41. The molecular formula is C25H35N3O2. The van der Waals surface area contributed by atoms with Gasteiger partial charge in [0.25, 0.3) is 0 Å². The number of hydrogen-bond acceptors (Lipinski definition) is 5. The van der Waals surface area contributed by atoms with Gasteiger partial charge in [0.2, 0.25) is 0 Å². The van der Waals surface area contributed by atoms with Crippen LogP contribution in [0.3, 0.4) is 0 Å². The van der Waals surface area contributed by atoms with Crippen LogP contribution in [0, 0.1) is 0 Å². The molecule has 2 N–H and O–H groups in total. The Morgan fingerprint density at radius 1 is 1.00 bits per heavy atom. The highest BCUT2D eigenvalue weighted by atomic mass is 16.5. The summed E-state index contributed by atoms with van der Waals surface area (Å²) in [5.74, 6) is 0.945. The highest BCUT2D eigenvalue weighted by molar-refractivity contribution is 5.60. The second kappa shape index (κ2) is 10.8. The summed E-state index contributed by atoms with van der Waals surface area (Å²) >= 11 is 0. The number of nitrogens with one attached hydrogen (secondary N) is 1. The molecule has 2 aliphatic heterocycles. The summed E-state index contributed by atoms with van der Waals surface area (Å²) in [6.45, 7) is 5.97. The quantitative estimate of drug-likeness (QED) is 0.465. The largest absolute Gasteiger partial charge is 0.494 e. The maximum absolute atomic E-state index is 10.6. The summed E-state index contributed by atoms with van der Waals surface area (Å²) in [5.41, 5.74) is 3.64. The van der Waals surface area contributed by atoms with Crippen LogP contribution < -0.4 is 15.0 Å². The van der Waals surface area contributed by atoms with E-state index in [1.165, 1.54) is 43.5 Å². The molecule has 2 aliphatic rings. The van der Waals surface area contributed by atoms with Crippen LogP contribution in [0.15, 0.2) is 48.5 Å². The molecule has 1 fully saturated rings. The van der Waals surface area contributed by atoms with Crippen LogP contribution in [0.1, 0.15) is 36.8 Å². The summed E-state index contributed by atoms with van der Waals surface area (Å²) in [6, 6.07) is 16.6. The number of aliphatic hydroxyl groups is 1. The molecule has 5 heteroatoms. The average molecular weight is 410 g/mol. The molecule has 4 rings (SSSR count). The van der Waals surface area contributed by atoms with Crippen molar-refractivity contribution in [3.8, 4) is 5.75 Å². The number of anilines is 1. The van der Waals surface area contributed by atoms with E-state index < -0.39 is 6.35 Å². The van der Waals surface area contributed by atoms with Crippen molar-refractivity contribution in [2.24, 2.45) is 0 Å². The molecule has 0 bridgehead atoms. The number of fused-ring (bicyclic) bond motifs is 1. The van der Waals surface area contributed by atoms with Gasteiger partial charge in [0, 0.05) is 25.3 Å². The molecule has 0 spiro atoms. The zero-order chi connectivity index (χ0) is 20.6. The van der Waals surface area contributed by atoms with Crippen molar-refractivity contribution in [2.75, 3.05) is 44.2 Å². The van der Waals surface area contributed by atoms with E-state index in [9.17, 15) is 5.11 Å². The van der Waals surface area contributed by atoms with E-state index in [1.54, 1.807) is 0 Å². The van der Waals surface area contributed by atoms with Crippen LogP contribution in [-0.4, -0.2) is 55.7 Å². The van der Waals surface area contributed by atoms with E-state index in [-0.39, 0.29) is 0 Å². The Labute approximate surface area is 180 Å². The third-order valence-electron chi connectivity index (χ3n) is 6.20. The first-order valence-electron chi connectivity index (χ1n) is 11.5. The summed E-state index contributed by atoms with van der Waals surface area (Å²) in [5, 5.41) is 13.9. The number of hydrogen-bond donors (Lipinski definition) is 2. The van der Waals surface area contributed by atoms with Crippen molar-refractivity contribution >= 4 is 5.69 Å². The fourth-order valence-electron chi connectivity index (χ4n) is 4.51. The van der Waals surface area contributed by atoms with Gasteiger partial charge in [-0.1, -0.05) is 36.8 Å². The highest BCUT2D eigenvalue weighted by Gasteiger charge is 2.24. The minimum Gasteiger partial charge on any atom is -0.494 e. The summed E-state index contributed by atoms with van der Waals surface area (Å²) < 4.78 is 6.01. The highest BCUT2D eigenvalue weighted by Crippen LogP contribution is 2.32. The Hall–Kier alpha value is -2.08. The van der Waals surface area contributed by atoms with E-state index in [2.05, 4.69) is 46.6 Å². The van der Waals surface area contributed by atoms with E-state index in [0.29, 0.717) is 0 Å². The first-order chi connectivity index (χ1) is 14.8. The fourth-order valence-corrected chi connectivity index (χ4v) is 4.51. The Morgan fingerprint density at radius 3 is 2.67 bits per heavy atom. The molecule has 0 saturated carbocycles. The number of piperidine rings is 1. The lowest BCUT2D eigenvalue weighted by Crippen LogP contribution is -2.45. The number of benzene rings is 2. The normalized spacial score (nSPS) is 17.7.